The first-order valence-corrected chi connectivity index (χ1v) is 19.7. The van der Waals surface area contributed by atoms with Gasteiger partial charge in [-0.3, -0.25) is 0 Å². The fraction of sp³-hybridized carbons (Fsp3) is 0.944. The minimum atomic E-state index is -2.03. The average molecular weight is 909 g/mol. The summed E-state index contributed by atoms with van der Waals surface area (Å²) in [6.45, 7) is -2.06. The smallest absolute Gasteiger partial charge is 0.335 e. The number of carboxylic acid groups (broad SMARTS) is 2. The predicted molar refractivity (Wildman–Crippen MR) is 194 cm³/mol. The van der Waals surface area contributed by atoms with Crippen LogP contribution in [0, 0.1) is 0 Å². The number of aliphatic hydroxyl groups is 7. The zero-order chi connectivity index (χ0) is 45.6. The molecule has 5 fully saturated rings. The number of methoxy groups -OCH3 is 6. The highest BCUT2D eigenvalue weighted by molar-refractivity contribution is 5.74. The van der Waals surface area contributed by atoms with Crippen molar-refractivity contribution in [2.75, 3.05) is 62.5 Å². The molecule has 0 radical (unpaired) electrons. The molecule has 0 aromatic carbocycles. The molecule has 62 heavy (non-hydrogen) atoms. The average Bonchev–Trinajstić information content (AvgIpc) is 3.27. The predicted octanol–water partition coefficient (Wildman–Crippen LogP) is -5.76. The van der Waals surface area contributed by atoms with Gasteiger partial charge >= 0.3 is 11.9 Å². The zero-order valence-electron chi connectivity index (χ0n) is 34.8. The van der Waals surface area contributed by atoms with E-state index in [4.69, 9.17) is 71.1 Å². The van der Waals surface area contributed by atoms with Gasteiger partial charge in [-0.15, -0.1) is 0 Å². The van der Waals surface area contributed by atoms with Crippen LogP contribution in [0.2, 0.25) is 0 Å². The van der Waals surface area contributed by atoms with E-state index in [2.05, 4.69) is 0 Å². The topological polar surface area (TPSA) is 355 Å². The van der Waals surface area contributed by atoms with E-state index in [0.717, 1.165) is 0 Å². The Labute approximate surface area is 355 Å². The van der Waals surface area contributed by atoms with Gasteiger partial charge in [0.1, 0.15) is 85.5 Å². The molecule has 5 heterocycles. The van der Waals surface area contributed by atoms with Crippen LogP contribution in [0.25, 0.3) is 0 Å². The Morgan fingerprint density at radius 1 is 0.435 bits per heavy atom. The van der Waals surface area contributed by atoms with Crippen LogP contribution in [0.3, 0.4) is 0 Å². The second-order valence-corrected chi connectivity index (χ2v) is 15.0. The highest BCUT2D eigenvalue weighted by atomic mass is 16.8. The van der Waals surface area contributed by atoms with Crippen LogP contribution in [-0.2, 0) is 80.6 Å². The van der Waals surface area contributed by atoms with Crippen molar-refractivity contribution in [1.29, 1.82) is 0 Å². The van der Waals surface area contributed by atoms with Crippen molar-refractivity contribution < 1.29 is 127 Å². The van der Waals surface area contributed by atoms with E-state index in [1.165, 1.54) is 42.7 Å². The highest BCUT2D eigenvalue weighted by Crippen LogP contribution is 2.37. The standard InChI is InChI=1S/C36H60O26/c1-48-12-7-17(54-14(9-37)23(12)50-3)58-28-27(51-4)31(52-5)36(62-30(28)33(46)47)60-25-16(11-39)56-35(22(43)20(25)41)61-26-13(49-2)8-18(59-29(26)32(44)45)57-24-15(10-38)55-34(53-6)21(42)19(24)40/h12-31,34-43H,7-11H2,1-6H3,(H,44,45)(H,46,47)/t12?,13-,14?,15-,16-,17-,18?,19?,20?,21?,22?,23+,24-,25-,26+,27?,28+,29-,30?,31-,34+,35-,36?/m1/s1. The summed E-state index contributed by atoms with van der Waals surface area (Å²) in [6, 6.07) is 0. The number of aliphatic hydroxyl groups excluding tert-OH is 7. The van der Waals surface area contributed by atoms with Crippen LogP contribution >= 0.6 is 0 Å². The van der Waals surface area contributed by atoms with Gasteiger partial charge in [-0.25, -0.2) is 9.59 Å². The van der Waals surface area contributed by atoms with Crippen LogP contribution in [0.15, 0.2) is 0 Å². The lowest BCUT2D eigenvalue weighted by molar-refractivity contribution is -0.381. The Morgan fingerprint density at radius 3 is 1.37 bits per heavy atom. The van der Waals surface area contributed by atoms with Gasteiger partial charge in [0.25, 0.3) is 0 Å². The summed E-state index contributed by atoms with van der Waals surface area (Å²) >= 11 is 0. The first-order chi connectivity index (χ1) is 29.6. The van der Waals surface area contributed by atoms with Gasteiger partial charge in [0.2, 0.25) is 0 Å². The normalized spacial score (nSPS) is 46.6. The van der Waals surface area contributed by atoms with Crippen molar-refractivity contribution in [3.63, 3.8) is 0 Å². The van der Waals surface area contributed by atoms with E-state index in [9.17, 15) is 55.5 Å². The Balaban J connectivity index is 1.29. The summed E-state index contributed by atoms with van der Waals surface area (Å²) in [6.07, 6.45) is -33.5. The largest absolute Gasteiger partial charge is 0.479 e. The van der Waals surface area contributed by atoms with E-state index in [-0.39, 0.29) is 12.8 Å². The number of ether oxygens (including phenoxy) is 15. The lowest BCUT2D eigenvalue weighted by Gasteiger charge is -2.49. The maximum atomic E-state index is 12.7. The Hall–Kier alpha value is -1.94. The molecule has 26 nitrogen and oxygen atoms in total. The van der Waals surface area contributed by atoms with E-state index < -0.39 is 173 Å². The number of hydrogen-bond donors (Lipinski definition) is 9. The molecule has 0 aliphatic carbocycles. The van der Waals surface area contributed by atoms with Crippen molar-refractivity contribution in [2.24, 2.45) is 0 Å². The number of carbonyl (C=O) groups is 2. The maximum absolute atomic E-state index is 12.7. The summed E-state index contributed by atoms with van der Waals surface area (Å²) in [5.41, 5.74) is 0. The summed E-state index contributed by atoms with van der Waals surface area (Å²) in [5, 5.41) is 94.6. The summed E-state index contributed by atoms with van der Waals surface area (Å²) in [5.74, 6) is -3.13. The molecule has 0 aromatic rings. The molecule has 9 N–H and O–H groups in total. The van der Waals surface area contributed by atoms with Gasteiger partial charge in [-0.1, -0.05) is 0 Å². The molecule has 5 saturated heterocycles. The fourth-order valence-electron chi connectivity index (χ4n) is 8.34. The molecule has 0 amide bonds. The Bertz CT molecular complexity index is 1380. The van der Waals surface area contributed by atoms with Crippen molar-refractivity contribution in [2.45, 2.75) is 154 Å². The summed E-state index contributed by atoms with van der Waals surface area (Å²) in [4.78, 5) is 25.2. The zero-order valence-corrected chi connectivity index (χ0v) is 34.8. The number of hydrogen-bond acceptors (Lipinski definition) is 24. The van der Waals surface area contributed by atoms with Crippen LogP contribution in [0.5, 0.6) is 0 Å². The first kappa shape index (κ1) is 51.1. The monoisotopic (exact) mass is 908 g/mol. The lowest BCUT2D eigenvalue weighted by atomic mass is 9.95. The number of aliphatic carboxylic acids is 2. The van der Waals surface area contributed by atoms with Gasteiger partial charge in [0.15, 0.2) is 43.7 Å². The quantitative estimate of drug-likeness (QED) is 0.0583. The van der Waals surface area contributed by atoms with Gasteiger partial charge in [0.05, 0.1) is 32.0 Å². The van der Waals surface area contributed by atoms with E-state index in [1.807, 2.05) is 0 Å². The van der Waals surface area contributed by atoms with Crippen molar-refractivity contribution in [3.8, 4) is 0 Å². The number of carboxylic acids is 2. The van der Waals surface area contributed by atoms with Gasteiger partial charge < -0.3 is 117 Å². The Kier molecular flexibility index (Phi) is 18.9. The van der Waals surface area contributed by atoms with E-state index in [1.54, 1.807) is 0 Å². The van der Waals surface area contributed by atoms with E-state index in [0.29, 0.717) is 0 Å². The molecule has 5 aliphatic rings. The third kappa shape index (κ3) is 10.8. The fourth-order valence-corrected chi connectivity index (χ4v) is 8.34. The van der Waals surface area contributed by atoms with Crippen molar-refractivity contribution >= 4 is 11.9 Å². The van der Waals surface area contributed by atoms with Crippen LogP contribution in [0.1, 0.15) is 12.8 Å². The molecule has 5 rings (SSSR count). The van der Waals surface area contributed by atoms with E-state index >= 15 is 0 Å². The molecule has 10 unspecified atom stereocenters. The molecule has 26 heteroatoms. The summed E-state index contributed by atoms with van der Waals surface area (Å²) < 4.78 is 85.2. The molecule has 0 spiro atoms. The molecule has 0 saturated carbocycles. The molecule has 0 bridgehead atoms. The summed E-state index contributed by atoms with van der Waals surface area (Å²) in [7, 11) is 7.74. The second-order valence-electron chi connectivity index (χ2n) is 15.0. The molecular formula is C36H60O26. The van der Waals surface area contributed by atoms with Crippen LogP contribution < -0.4 is 0 Å². The molecule has 5 aliphatic heterocycles. The Morgan fingerprint density at radius 2 is 0.871 bits per heavy atom. The molecule has 23 atom stereocenters. The second kappa shape index (κ2) is 23.0. The van der Waals surface area contributed by atoms with Crippen LogP contribution in [0.4, 0.5) is 0 Å². The van der Waals surface area contributed by atoms with Crippen molar-refractivity contribution in [3.05, 3.63) is 0 Å². The lowest BCUT2D eigenvalue weighted by Crippen LogP contribution is -2.67. The minimum Gasteiger partial charge on any atom is -0.479 e. The molecule has 0 aromatic heterocycles. The third-order valence-corrected chi connectivity index (χ3v) is 11.5. The molecular weight excluding hydrogens is 848 g/mol. The SMILES string of the molecule is COC1C[C@@H](O[C@@H]2C(C(=O)O)OC(O[C@H]3C(O)C(O)[C@@H](O[C@H]4[C@H](OC)CC(O[C@H]5C(O)C(O)[C@@H](OC)O[C@@H]5CO)O[C@H]4C(=O)O)O[C@@H]3CO)[C@H](OC)C2OC)OC(CO)[C@H]1OC. The third-order valence-electron chi connectivity index (χ3n) is 11.5. The van der Waals surface area contributed by atoms with Crippen molar-refractivity contribution in [1.82, 2.24) is 0 Å². The maximum Gasteiger partial charge on any atom is 0.335 e. The van der Waals surface area contributed by atoms with Crippen LogP contribution in [-0.4, -0.2) is 262 Å². The first-order valence-electron chi connectivity index (χ1n) is 19.7. The minimum absolute atomic E-state index is 0.0543. The van der Waals surface area contributed by atoms with Gasteiger partial charge in [-0.2, -0.15) is 0 Å². The van der Waals surface area contributed by atoms with Gasteiger partial charge in [-0.05, 0) is 0 Å². The molecule has 360 valence electrons. The highest BCUT2D eigenvalue weighted by Gasteiger charge is 2.57. The van der Waals surface area contributed by atoms with Gasteiger partial charge in [0, 0.05) is 55.5 Å². The number of rotatable bonds is 19.